The highest BCUT2D eigenvalue weighted by molar-refractivity contribution is 8.02. The Bertz CT molecular complexity index is 2080. The van der Waals surface area contributed by atoms with Crippen molar-refractivity contribution in [2.45, 2.75) is 18.6 Å². The molecule has 0 radical (unpaired) electrons. The molecule has 2 heterocycles. The minimum Gasteiger partial charge on any atom is -0.460 e. The third kappa shape index (κ3) is 3.59. The van der Waals surface area contributed by atoms with Gasteiger partial charge in [0.05, 0.1) is 16.7 Å². The second kappa shape index (κ2) is 8.82. The molecule has 3 nitrogen and oxygen atoms in total. The van der Waals surface area contributed by atoms with E-state index in [1.165, 1.54) is 48.7 Å². The fourth-order valence-corrected chi connectivity index (χ4v) is 7.10. The third-order valence-corrected chi connectivity index (χ3v) is 9.22. The van der Waals surface area contributed by atoms with Gasteiger partial charge in [-0.05, 0) is 59.2 Å². The van der Waals surface area contributed by atoms with Crippen molar-refractivity contribution in [3.8, 4) is 5.69 Å². The number of allylic oxidation sites excluding steroid dienone is 1. The zero-order chi connectivity index (χ0) is 25.9. The Morgan fingerprint density at radius 3 is 2.26 bits per heavy atom. The molecule has 0 unspecified atom stereocenters. The molecule has 0 fully saturated rings. The van der Waals surface area contributed by atoms with Crippen LogP contribution in [-0.2, 0) is 12.2 Å². The zero-order valence-corrected chi connectivity index (χ0v) is 22.2. The molecule has 0 saturated heterocycles. The first-order valence-corrected chi connectivity index (χ1v) is 14.4. The first kappa shape index (κ1) is 22.6. The standard InChI is InChI=1S/C35H26N2OS/c36-35-33(18-17-32-34(35)27-10-4-6-12-31(27)38-32)39-21-22-13-15-25(16-14-22)37-29-11-5-3-9-26(29)28-19-23-7-1-2-8-24(23)20-30(28)37/h1-16,19-20H,17-18,21,36H2. The molecule has 0 amide bonds. The van der Waals surface area contributed by atoms with E-state index in [1.54, 1.807) is 0 Å². The van der Waals surface area contributed by atoms with Gasteiger partial charge in [-0.2, -0.15) is 0 Å². The Labute approximate surface area is 230 Å². The van der Waals surface area contributed by atoms with Gasteiger partial charge in [0.2, 0.25) is 0 Å². The van der Waals surface area contributed by atoms with Gasteiger partial charge in [-0.3, -0.25) is 0 Å². The lowest BCUT2D eigenvalue weighted by Gasteiger charge is -2.17. The second-order valence-electron chi connectivity index (χ2n) is 10.3. The lowest BCUT2D eigenvalue weighted by molar-refractivity contribution is 0.544. The molecule has 0 atom stereocenters. The van der Waals surface area contributed by atoms with Crippen LogP contribution in [0.3, 0.4) is 0 Å². The van der Waals surface area contributed by atoms with E-state index in [-0.39, 0.29) is 0 Å². The summed E-state index contributed by atoms with van der Waals surface area (Å²) in [6.45, 7) is 0. The van der Waals surface area contributed by atoms with Crippen molar-refractivity contribution in [1.29, 1.82) is 0 Å². The molecule has 5 aromatic carbocycles. The van der Waals surface area contributed by atoms with Crippen LogP contribution in [-0.4, -0.2) is 4.57 Å². The van der Waals surface area contributed by atoms with Crippen LogP contribution in [0, 0.1) is 0 Å². The maximum atomic E-state index is 6.69. The molecule has 39 heavy (non-hydrogen) atoms. The quantitative estimate of drug-likeness (QED) is 0.251. The van der Waals surface area contributed by atoms with E-state index < -0.39 is 0 Å². The molecular weight excluding hydrogens is 496 g/mol. The Morgan fingerprint density at radius 2 is 1.41 bits per heavy atom. The van der Waals surface area contributed by atoms with E-state index in [0.717, 1.165) is 46.6 Å². The number of benzene rings is 5. The van der Waals surface area contributed by atoms with Gasteiger partial charge in [0.15, 0.2) is 0 Å². The van der Waals surface area contributed by atoms with Crippen molar-refractivity contribution in [3.05, 3.63) is 131 Å². The Morgan fingerprint density at radius 1 is 0.692 bits per heavy atom. The van der Waals surface area contributed by atoms with Gasteiger partial charge in [-0.25, -0.2) is 0 Å². The SMILES string of the molecule is NC1=C(SCc2ccc(-n3c4ccccc4c4cc5ccccc5cc43)cc2)CCc2oc3ccccc3c21. The monoisotopic (exact) mass is 522 g/mol. The molecule has 4 heteroatoms. The van der Waals surface area contributed by atoms with E-state index in [4.69, 9.17) is 10.2 Å². The summed E-state index contributed by atoms with van der Waals surface area (Å²) in [6, 6.07) is 39.1. The molecule has 0 aliphatic heterocycles. The van der Waals surface area contributed by atoms with E-state index in [2.05, 4.69) is 95.6 Å². The third-order valence-electron chi connectivity index (χ3n) is 7.96. The average Bonchev–Trinajstić information content (AvgIpc) is 3.52. The summed E-state index contributed by atoms with van der Waals surface area (Å²) in [5.41, 5.74) is 14.5. The summed E-state index contributed by atoms with van der Waals surface area (Å²) >= 11 is 1.85. The molecule has 2 N–H and O–H groups in total. The number of nitrogens with two attached hydrogens (primary N) is 1. The number of fused-ring (bicyclic) bond motifs is 7. The predicted molar refractivity (Wildman–Crippen MR) is 165 cm³/mol. The van der Waals surface area contributed by atoms with E-state index >= 15 is 0 Å². The number of rotatable bonds is 4. The van der Waals surface area contributed by atoms with E-state index in [9.17, 15) is 0 Å². The number of hydrogen-bond donors (Lipinski definition) is 1. The van der Waals surface area contributed by atoms with Gasteiger partial charge < -0.3 is 14.7 Å². The molecular formula is C35H26N2OS. The van der Waals surface area contributed by atoms with Crippen molar-refractivity contribution >= 4 is 61.0 Å². The van der Waals surface area contributed by atoms with Crippen molar-refractivity contribution in [2.75, 3.05) is 0 Å². The van der Waals surface area contributed by atoms with Gasteiger partial charge in [0.25, 0.3) is 0 Å². The van der Waals surface area contributed by atoms with Crippen LogP contribution in [0.4, 0.5) is 0 Å². The van der Waals surface area contributed by atoms with Gasteiger partial charge >= 0.3 is 0 Å². The Balaban J connectivity index is 1.13. The number of nitrogens with zero attached hydrogens (tertiary/aromatic N) is 1. The lowest BCUT2D eigenvalue weighted by Crippen LogP contribution is -2.08. The van der Waals surface area contributed by atoms with Crippen molar-refractivity contribution in [1.82, 2.24) is 4.57 Å². The summed E-state index contributed by atoms with van der Waals surface area (Å²) in [5.74, 6) is 1.90. The molecule has 2 aromatic heterocycles. The number of furan rings is 1. The fourth-order valence-electron chi connectivity index (χ4n) is 6.06. The van der Waals surface area contributed by atoms with Crippen molar-refractivity contribution in [2.24, 2.45) is 5.73 Å². The van der Waals surface area contributed by atoms with Crippen molar-refractivity contribution in [3.63, 3.8) is 0 Å². The second-order valence-corrected chi connectivity index (χ2v) is 11.3. The van der Waals surface area contributed by atoms with E-state index in [1.807, 2.05) is 30.0 Å². The first-order chi connectivity index (χ1) is 19.2. The Kier molecular flexibility index (Phi) is 5.10. The Hall–Kier alpha value is -4.41. The van der Waals surface area contributed by atoms with Crippen LogP contribution in [0.15, 0.2) is 119 Å². The molecule has 1 aliphatic rings. The molecule has 0 bridgehead atoms. The van der Waals surface area contributed by atoms with Gasteiger partial charge in [0, 0.05) is 44.5 Å². The maximum Gasteiger partial charge on any atom is 0.134 e. The summed E-state index contributed by atoms with van der Waals surface area (Å²) in [5, 5.41) is 6.21. The van der Waals surface area contributed by atoms with E-state index in [0.29, 0.717) is 0 Å². The summed E-state index contributed by atoms with van der Waals surface area (Å²) < 4.78 is 8.47. The summed E-state index contributed by atoms with van der Waals surface area (Å²) in [6.07, 6.45) is 1.82. The highest BCUT2D eigenvalue weighted by Crippen LogP contribution is 2.41. The normalized spacial score (nSPS) is 13.6. The largest absolute Gasteiger partial charge is 0.460 e. The molecule has 188 valence electrons. The van der Waals surface area contributed by atoms with Gasteiger partial charge in [-0.1, -0.05) is 72.8 Å². The van der Waals surface area contributed by atoms with Crippen LogP contribution in [0.1, 0.15) is 23.3 Å². The number of aromatic nitrogens is 1. The van der Waals surface area contributed by atoms with Crippen molar-refractivity contribution < 1.29 is 4.42 Å². The minimum absolute atomic E-state index is 0.875. The number of para-hydroxylation sites is 2. The number of thioether (sulfide) groups is 1. The zero-order valence-electron chi connectivity index (χ0n) is 21.4. The molecule has 0 spiro atoms. The van der Waals surface area contributed by atoms with Crippen LogP contribution in [0.5, 0.6) is 0 Å². The maximum absolute atomic E-state index is 6.69. The molecule has 8 rings (SSSR count). The van der Waals surface area contributed by atoms with Crippen LogP contribution in [0.2, 0.25) is 0 Å². The van der Waals surface area contributed by atoms with Crippen LogP contribution < -0.4 is 5.73 Å². The minimum atomic E-state index is 0.875. The number of hydrogen-bond acceptors (Lipinski definition) is 3. The lowest BCUT2D eigenvalue weighted by atomic mass is 9.99. The van der Waals surface area contributed by atoms with Gasteiger partial charge in [-0.15, -0.1) is 11.8 Å². The fraction of sp³-hybridized carbons (Fsp3) is 0.0857. The molecule has 7 aromatic rings. The topological polar surface area (TPSA) is 44.1 Å². The van der Waals surface area contributed by atoms with Gasteiger partial charge in [0.1, 0.15) is 11.3 Å². The highest BCUT2D eigenvalue weighted by Gasteiger charge is 2.23. The first-order valence-electron chi connectivity index (χ1n) is 13.4. The summed E-state index contributed by atoms with van der Waals surface area (Å²) in [7, 11) is 0. The van der Waals surface area contributed by atoms with Crippen LogP contribution >= 0.6 is 11.8 Å². The highest BCUT2D eigenvalue weighted by atomic mass is 32.2. The van der Waals surface area contributed by atoms with Crippen LogP contribution in [0.25, 0.3) is 54.9 Å². The summed E-state index contributed by atoms with van der Waals surface area (Å²) in [4.78, 5) is 1.26. The molecule has 1 aliphatic carbocycles. The smallest absolute Gasteiger partial charge is 0.134 e. The molecule has 0 saturated carbocycles. The predicted octanol–water partition coefficient (Wildman–Crippen LogP) is 9.19. The average molecular weight is 523 g/mol. The number of aryl methyl sites for hydroxylation is 1.